The van der Waals surface area contributed by atoms with Gasteiger partial charge in [-0.2, -0.15) is 5.10 Å². The number of rotatable bonds is 6. The van der Waals surface area contributed by atoms with Crippen LogP contribution < -0.4 is 9.80 Å². The van der Waals surface area contributed by atoms with Gasteiger partial charge in [0, 0.05) is 19.0 Å². The van der Waals surface area contributed by atoms with Crippen LogP contribution in [0.3, 0.4) is 0 Å². The number of anilines is 2. The van der Waals surface area contributed by atoms with E-state index in [1.807, 2.05) is 4.90 Å². The normalized spacial score (nSPS) is 21.9. The van der Waals surface area contributed by atoms with E-state index in [2.05, 4.69) is 10.1 Å². The zero-order chi connectivity index (χ0) is 20.4. The third-order valence-electron chi connectivity index (χ3n) is 5.73. The Morgan fingerprint density at radius 3 is 2.83 bits per heavy atom. The summed E-state index contributed by atoms with van der Waals surface area (Å²) in [6, 6.07) is 5.35. The third kappa shape index (κ3) is 4.29. The Labute approximate surface area is 175 Å². The molecule has 4 rings (SSSR count). The van der Waals surface area contributed by atoms with Crippen LogP contribution in [0.4, 0.5) is 20.6 Å². The van der Waals surface area contributed by atoms with Crippen molar-refractivity contribution in [3.63, 3.8) is 0 Å². The first-order valence-corrected chi connectivity index (χ1v) is 10.4. The fourth-order valence-electron chi connectivity index (χ4n) is 3.76. The number of nitrogens with zero attached hydrogens (tertiary/aromatic N) is 4. The summed E-state index contributed by atoms with van der Waals surface area (Å²) < 4.78 is 25.2. The van der Waals surface area contributed by atoms with Gasteiger partial charge in [0.05, 0.1) is 31.6 Å². The van der Waals surface area contributed by atoms with Crippen molar-refractivity contribution < 1.29 is 18.7 Å². The number of hydrogen-bond donors (Lipinski definition) is 0. The van der Waals surface area contributed by atoms with Gasteiger partial charge in [-0.1, -0.05) is 0 Å². The van der Waals surface area contributed by atoms with Crippen LogP contribution in [-0.2, 0) is 9.47 Å². The molecule has 2 fully saturated rings. The molecule has 0 spiro atoms. The Balaban J connectivity index is 1.40. The number of carbonyl (C=O) groups excluding carboxylic acids is 1. The van der Waals surface area contributed by atoms with Crippen molar-refractivity contribution in [1.29, 1.82) is 0 Å². The van der Waals surface area contributed by atoms with Crippen molar-refractivity contribution >= 4 is 41.1 Å². The molecule has 0 unspecified atom stereocenters. The van der Waals surface area contributed by atoms with Crippen molar-refractivity contribution in [2.45, 2.75) is 44.2 Å². The van der Waals surface area contributed by atoms with Gasteiger partial charge in [-0.15, -0.1) is 0 Å². The maximum atomic E-state index is 14.8. The molecule has 1 aromatic rings. The lowest BCUT2D eigenvalue weighted by molar-refractivity contribution is 0.132. The number of ether oxygens (including phenoxy) is 2. The highest BCUT2D eigenvalue weighted by atomic mass is 32.1. The number of benzene rings is 1. The second kappa shape index (κ2) is 8.52. The average Bonchev–Trinajstić information content (AvgIpc) is 3.06. The van der Waals surface area contributed by atoms with E-state index in [4.69, 9.17) is 21.7 Å². The van der Waals surface area contributed by atoms with Crippen molar-refractivity contribution in [1.82, 2.24) is 5.01 Å². The molecular formula is C20H25FN4O3S. The maximum Gasteiger partial charge on any atom is 0.414 e. The van der Waals surface area contributed by atoms with E-state index >= 15 is 0 Å². The number of cyclic esters (lactones) is 1. The fourth-order valence-corrected chi connectivity index (χ4v) is 3.88. The van der Waals surface area contributed by atoms with Gasteiger partial charge < -0.3 is 14.4 Å². The van der Waals surface area contributed by atoms with Gasteiger partial charge in [0.1, 0.15) is 18.3 Å². The summed E-state index contributed by atoms with van der Waals surface area (Å²) in [5.41, 5.74) is 0.943. The highest BCUT2D eigenvalue weighted by Gasteiger charge is 2.33. The van der Waals surface area contributed by atoms with E-state index in [1.54, 1.807) is 18.5 Å². The summed E-state index contributed by atoms with van der Waals surface area (Å²) in [4.78, 5) is 15.5. The van der Waals surface area contributed by atoms with Crippen LogP contribution in [0.1, 0.15) is 32.1 Å². The highest BCUT2D eigenvalue weighted by molar-refractivity contribution is 7.80. The second-order valence-electron chi connectivity index (χ2n) is 7.54. The summed E-state index contributed by atoms with van der Waals surface area (Å²) in [5.74, 6) is -0.386. The van der Waals surface area contributed by atoms with E-state index in [1.165, 1.54) is 37.3 Å². The molecule has 2 heterocycles. The number of amides is 1. The van der Waals surface area contributed by atoms with Crippen molar-refractivity contribution in [2.75, 3.05) is 36.5 Å². The first kappa shape index (κ1) is 19.9. The molecule has 0 N–H and O–H groups in total. The molecule has 0 bridgehead atoms. The fraction of sp³-hybridized carbons (Fsp3) is 0.550. The van der Waals surface area contributed by atoms with Crippen LogP contribution in [0.25, 0.3) is 0 Å². The van der Waals surface area contributed by atoms with E-state index in [-0.39, 0.29) is 11.9 Å². The minimum atomic E-state index is -0.471. The Kier molecular flexibility index (Phi) is 5.84. The molecule has 9 heteroatoms. The summed E-state index contributed by atoms with van der Waals surface area (Å²) in [6.45, 7) is 1.83. The quantitative estimate of drug-likeness (QED) is 0.657. The summed E-state index contributed by atoms with van der Waals surface area (Å²) in [5, 5.41) is 7.06. The third-order valence-corrected chi connectivity index (χ3v) is 6.10. The largest absolute Gasteiger partial charge is 0.490 e. The molecule has 1 saturated carbocycles. The zero-order valence-corrected chi connectivity index (χ0v) is 17.2. The predicted octanol–water partition coefficient (Wildman–Crippen LogP) is 3.52. The Hall–Kier alpha value is -2.42. The zero-order valence-electron chi connectivity index (χ0n) is 16.4. The van der Waals surface area contributed by atoms with E-state index in [0.717, 1.165) is 6.54 Å². The smallest absolute Gasteiger partial charge is 0.414 e. The van der Waals surface area contributed by atoms with Crippen LogP contribution in [0.15, 0.2) is 23.3 Å². The number of hydrogen-bond acceptors (Lipinski definition) is 7. The van der Waals surface area contributed by atoms with Gasteiger partial charge in [-0.25, -0.2) is 9.18 Å². The van der Waals surface area contributed by atoms with Crippen LogP contribution in [0.2, 0.25) is 0 Å². The van der Waals surface area contributed by atoms with Gasteiger partial charge in [0.25, 0.3) is 0 Å². The molecule has 1 aliphatic carbocycles. The number of carbonyl (C=O) groups is 1. The number of thiocarbonyl (C=S) groups is 1. The highest BCUT2D eigenvalue weighted by Crippen LogP contribution is 2.30. The Bertz CT molecular complexity index is 817. The SMILES string of the molecule is COC(=S)CC[C@H]1CN(c2ccc(N3C=NN(C4CCC4)CC3)c(F)c2)C(=O)O1. The predicted molar refractivity (Wildman–Crippen MR) is 113 cm³/mol. The molecule has 7 nitrogen and oxygen atoms in total. The van der Waals surface area contributed by atoms with Gasteiger partial charge in [0.15, 0.2) is 5.05 Å². The molecule has 1 saturated heterocycles. The van der Waals surface area contributed by atoms with E-state index in [0.29, 0.717) is 48.4 Å². The van der Waals surface area contributed by atoms with Gasteiger partial charge in [-0.3, -0.25) is 9.91 Å². The second-order valence-corrected chi connectivity index (χ2v) is 7.99. The molecule has 2 aliphatic heterocycles. The molecule has 0 radical (unpaired) electrons. The molecule has 1 aromatic carbocycles. The standard InChI is InChI=1S/C20H25FN4O3S/c1-27-19(29)8-6-16-12-24(20(26)28-16)15-5-7-18(17(21)11-15)23-9-10-25(22-13-23)14-3-2-4-14/h5,7,11,13-14,16H,2-4,6,8-10,12H2,1H3/t16-/m0/s1. The average molecular weight is 421 g/mol. The van der Waals surface area contributed by atoms with Crippen LogP contribution in [0, 0.1) is 5.82 Å². The van der Waals surface area contributed by atoms with Crippen molar-refractivity contribution in [3.05, 3.63) is 24.0 Å². The summed E-state index contributed by atoms with van der Waals surface area (Å²) in [6.07, 6.45) is 5.68. The topological polar surface area (TPSA) is 57.6 Å². The molecular weight excluding hydrogens is 395 g/mol. The molecule has 156 valence electrons. The first-order valence-electron chi connectivity index (χ1n) is 9.97. The maximum absolute atomic E-state index is 14.8. The lowest BCUT2D eigenvalue weighted by Gasteiger charge is -2.39. The van der Waals surface area contributed by atoms with E-state index in [9.17, 15) is 9.18 Å². The van der Waals surface area contributed by atoms with Gasteiger partial charge in [0.2, 0.25) is 0 Å². The minimum absolute atomic E-state index is 0.287. The molecule has 29 heavy (non-hydrogen) atoms. The molecule has 3 aliphatic rings. The number of hydrazone groups is 1. The molecule has 1 atom stereocenters. The monoisotopic (exact) mass is 420 g/mol. The summed E-state index contributed by atoms with van der Waals surface area (Å²) >= 11 is 5.02. The Morgan fingerprint density at radius 1 is 1.38 bits per heavy atom. The summed E-state index contributed by atoms with van der Waals surface area (Å²) in [7, 11) is 1.53. The van der Waals surface area contributed by atoms with Crippen LogP contribution in [-0.4, -0.2) is 61.4 Å². The number of methoxy groups -OCH3 is 1. The van der Waals surface area contributed by atoms with Crippen LogP contribution in [0.5, 0.6) is 0 Å². The van der Waals surface area contributed by atoms with Crippen LogP contribution >= 0.6 is 12.2 Å². The lowest BCUT2D eigenvalue weighted by atomic mass is 9.92. The minimum Gasteiger partial charge on any atom is -0.490 e. The van der Waals surface area contributed by atoms with Crippen molar-refractivity contribution in [2.24, 2.45) is 5.10 Å². The lowest BCUT2D eigenvalue weighted by Crippen LogP contribution is -2.45. The number of halogens is 1. The Morgan fingerprint density at radius 2 is 2.21 bits per heavy atom. The van der Waals surface area contributed by atoms with Gasteiger partial charge >= 0.3 is 6.09 Å². The van der Waals surface area contributed by atoms with Crippen molar-refractivity contribution in [3.8, 4) is 0 Å². The molecule has 1 amide bonds. The molecule has 0 aromatic heterocycles. The van der Waals surface area contributed by atoms with E-state index < -0.39 is 6.09 Å². The first-order chi connectivity index (χ1) is 14.0. The van der Waals surface area contributed by atoms with Gasteiger partial charge in [-0.05, 0) is 56.1 Å².